The average molecular weight is 376 g/mol. The molecule has 3 aromatic rings. The summed E-state index contributed by atoms with van der Waals surface area (Å²) in [6.45, 7) is 4.18. The van der Waals surface area contributed by atoms with E-state index in [2.05, 4.69) is 29.1 Å². The van der Waals surface area contributed by atoms with Crippen LogP contribution in [0.25, 0.3) is 23.0 Å². The zero-order valence-electron chi connectivity index (χ0n) is 15.0. The Kier molecular flexibility index (Phi) is 4.92. The molecule has 8 nitrogen and oxygen atoms in total. The maximum absolute atomic E-state index is 12.1. The van der Waals surface area contributed by atoms with E-state index in [4.69, 9.17) is 9.05 Å². The summed E-state index contributed by atoms with van der Waals surface area (Å²) in [5.74, 6) is 1.81. The predicted octanol–water partition coefficient (Wildman–Crippen LogP) is 2.84. The fourth-order valence-corrected chi connectivity index (χ4v) is 3.25. The van der Waals surface area contributed by atoms with Gasteiger partial charge in [-0.25, -0.2) is 12.7 Å². The molecule has 9 heteroatoms. The van der Waals surface area contributed by atoms with E-state index in [0.29, 0.717) is 23.0 Å². The molecule has 0 N–H and O–H groups in total. The monoisotopic (exact) mass is 376 g/mol. The Labute approximate surface area is 151 Å². The van der Waals surface area contributed by atoms with E-state index in [1.54, 1.807) is 18.2 Å². The van der Waals surface area contributed by atoms with Gasteiger partial charge in [0, 0.05) is 32.1 Å². The topological polar surface area (TPSA) is 102 Å². The summed E-state index contributed by atoms with van der Waals surface area (Å²) >= 11 is 0. The van der Waals surface area contributed by atoms with Crippen molar-refractivity contribution in [2.24, 2.45) is 5.92 Å². The lowest BCUT2D eigenvalue weighted by Gasteiger charge is -2.11. The van der Waals surface area contributed by atoms with Crippen molar-refractivity contribution in [1.82, 2.24) is 19.6 Å². The predicted molar refractivity (Wildman–Crippen MR) is 94.6 cm³/mol. The van der Waals surface area contributed by atoms with Gasteiger partial charge >= 0.3 is 0 Å². The van der Waals surface area contributed by atoms with Gasteiger partial charge in [0.1, 0.15) is 5.76 Å². The van der Waals surface area contributed by atoms with Crippen LogP contribution in [-0.4, -0.2) is 42.1 Å². The van der Waals surface area contributed by atoms with Crippen LogP contribution in [-0.2, 0) is 16.4 Å². The molecule has 0 atom stereocenters. The average Bonchev–Trinajstić information content (AvgIpc) is 3.23. The highest BCUT2D eigenvalue weighted by molar-refractivity contribution is 7.89. The lowest BCUT2D eigenvalue weighted by molar-refractivity contribution is 0.366. The molecule has 2 heterocycles. The van der Waals surface area contributed by atoms with Crippen LogP contribution in [0.5, 0.6) is 0 Å². The molecule has 26 heavy (non-hydrogen) atoms. The van der Waals surface area contributed by atoms with Crippen LogP contribution in [0.4, 0.5) is 0 Å². The van der Waals surface area contributed by atoms with Crippen molar-refractivity contribution in [3.05, 3.63) is 36.1 Å². The summed E-state index contributed by atoms with van der Waals surface area (Å²) in [6.07, 6.45) is 0.774. The molecular formula is C17H20N4O4S. The summed E-state index contributed by atoms with van der Waals surface area (Å²) in [7, 11) is -0.502. The molecule has 0 saturated carbocycles. The highest BCUT2D eigenvalue weighted by atomic mass is 32.2. The standard InChI is InChI=1S/C17H20N4O4S/c1-11(2)9-13-10-15(19-24-13)17-18-16(20-25-17)12-5-7-14(8-6-12)26(22,23)21(3)4/h5-8,10-11H,9H2,1-4H3. The number of benzene rings is 1. The third-order valence-electron chi connectivity index (χ3n) is 3.70. The Bertz CT molecular complexity index is 988. The van der Waals surface area contributed by atoms with Gasteiger partial charge in [-0.15, -0.1) is 0 Å². The Hall–Kier alpha value is -2.52. The van der Waals surface area contributed by atoms with E-state index in [1.807, 2.05) is 0 Å². The van der Waals surface area contributed by atoms with E-state index >= 15 is 0 Å². The molecule has 0 spiro atoms. The SMILES string of the molecule is CC(C)Cc1cc(-c2nc(-c3ccc(S(=O)(=O)N(C)C)cc3)no2)no1. The van der Waals surface area contributed by atoms with Gasteiger partial charge in [0.05, 0.1) is 4.90 Å². The van der Waals surface area contributed by atoms with Crippen molar-refractivity contribution < 1.29 is 17.5 Å². The quantitative estimate of drug-likeness (QED) is 0.652. The second kappa shape index (κ2) is 7.00. The molecule has 0 bridgehead atoms. The van der Waals surface area contributed by atoms with Crippen LogP contribution in [0.2, 0.25) is 0 Å². The molecular weight excluding hydrogens is 356 g/mol. The molecule has 138 valence electrons. The lowest BCUT2D eigenvalue weighted by atomic mass is 10.1. The number of hydrogen-bond acceptors (Lipinski definition) is 7. The molecule has 0 fully saturated rings. The van der Waals surface area contributed by atoms with Gasteiger partial charge < -0.3 is 9.05 Å². The Balaban J connectivity index is 1.83. The van der Waals surface area contributed by atoms with Crippen molar-refractivity contribution in [2.75, 3.05) is 14.1 Å². The van der Waals surface area contributed by atoms with Crippen LogP contribution in [0, 0.1) is 5.92 Å². The van der Waals surface area contributed by atoms with Gasteiger partial charge in [0.2, 0.25) is 15.8 Å². The number of rotatable bonds is 6. The summed E-state index contributed by atoms with van der Waals surface area (Å²) in [6, 6.07) is 8.08. The van der Waals surface area contributed by atoms with Crippen molar-refractivity contribution in [2.45, 2.75) is 25.2 Å². The maximum Gasteiger partial charge on any atom is 0.280 e. The normalized spacial score (nSPS) is 12.2. The first-order valence-electron chi connectivity index (χ1n) is 8.10. The summed E-state index contributed by atoms with van der Waals surface area (Å²) in [5.41, 5.74) is 1.12. The van der Waals surface area contributed by atoms with Crippen LogP contribution in [0.3, 0.4) is 0 Å². The molecule has 2 aromatic heterocycles. The first-order chi connectivity index (χ1) is 12.3. The second-order valence-corrected chi connectivity index (χ2v) is 8.66. The smallest absolute Gasteiger partial charge is 0.280 e. The summed E-state index contributed by atoms with van der Waals surface area (Å²) in [5, 5.41) is 7.89. The minimum Gasteiger partial charge on any atom is -0.361 e. The molecule has 1 aromatic carbocycles. The third kappa shape index (κ3) is 3.68. The zero-order valence-corrected chi connectivity index (χ0v) is 15.8. The number of sulfonamides is 1. The van der Waals surface area contributed by atoms with E-state index in [0.717, 1.165) is 16.5 Å². The molecule has 0 aliphatic heterocycles. The van der Waals surface area contributed by atoms with E-state index in [9.17, 15) is 8.42 Å². The largest absolute Gasteiger partial charge is 0.361 e. The molecule has 0 aliphatic rings. The van der Waals surface area contributed by atoms with Gasteiger partial charge in [0.25, 0.3) is 5.89 Å². The molecule has 3 rings (SSSR count). The molecule has 0 unspecified atom stereocenters. The number of hydrogen-bond donors (Lipinski definition) is 0. The second-order valence-electron chi connectivity index (χ2n) is 6.51. The first kappa shape index (κ1) is 18.3. The number of aromatic nitrogens is 3. The fourth-order valence-electron chi connectivity index (χ4n) is 2.34. The third-order valence-corrected chi connectivity index (χ3v) is 5.53. The van der Waals surface area contributed by atoms with Crippen LogP contribution in [0.1, 0.15) is 19.6 Å². The van der Waals surface area contributed by atoms with E-state index in [-0.39, 0.29) is 10.8 Å². The maximum atomic E-state index is 12.1. The van der Waals surface area contributed by atoms with Crippen LogP contribution in [0.15, 0.2) is 44.3 Å². The lowest BCUT2D eigenvalue weighted by Crippen LogP contribution is -2.22. The highest BCUT2D eigenvalue weighted by Gasteiger charge is 2.19. The summed E-state index contributed by atoms with van der Waals surface area (Å²) in [4.78, 5) is 4.51. The van der Waals surface area contributed by atoms with Gasteiger partial charge in [-0.05, 0) is 30.2 Å². The van der Waals surface area contributed by atoms with Crippen molar-refractivity contribution >= 4 is 10.0 Å². The van der Waals surface area contributed by atoms with Gasteiger partial charge in [-0.1, -0.05) is 24.2 Å². The Morgan fingerprint density at radius 1 is 1.08 bits per heavy atom. The van der Waals surface area contributed by atoms with E-state index in [1.165, 1.54) is 26.2 Å². The highest BCUT2D eigenvalue weighted by Crippen LogP contribution is 2.24. The minimum absolute atomic E-state index is 0.199. The van der Waals surface area contributed by atoms with Gasteiger partial charge in [-0.3, -0.25) is 0 Å². The van der Waals surface area contributed by atoms with Gasteiger partial charge in [-0.2, -0.15) is 4.98 Å². The van der Waals surface area contributed by atoms with Crippen molar-refractivity contribution in [1.29, 1.82) is 0 Å². The number of nitrogens with zero attached hydrogens (tertiary/aromatic N) is 4. The Morgan fingerprint density at radius 3 is 2.38 bits per heavy atom. The molecule has 0 aliphatic carbocycles. The molecule has 0 amide bonds. The van der Waals surface area contributed by atoms with Crippen molar-refractivity contribution in [3.63, 3.8) is 0 Å². The fraction of sp³-hybridized carbons (Fsp3) is 0.353. The van der Waals surface area contributed by atoms with Crippen LogP contribution < -0.4 is 0 Å². The minimum atomic E-state index is -3.47. The molecule has 0 saturated heterocycles. The Morgan fingerprint density at radius 2 is 1.77 bits per heavy atom. The van der Waals surface area contributed by atoms with Crippen molar-refractivity contribution in [3.8, 4) is 23.0 Å². The first-order valence-corrected chi connectivity index (χ1v) is 9.54. The summed E-state index contributed by atoms with van der Waals surface area (Å²) < 4.78 is 35.9. The van der Waals surface area contributed by atoms with Crippen LogP contribution >= 0.6 is 0 Å². The van der Waals surface area contributed by atoms with Gasteiger partial charge in [0.15, 0.2) is 5.69 Å². The molecule has 0 radical (unpaired) electrons. The van der Waals surface area contributed by atoms with E-state index < -0.39 is 10.0 Å². The zero-order chi connectivity index (χ0) is 18.9.